The Bertz CT molecular complexity index is 379. The lowest BCUT2D eigenvalue weighted by atomic mass is 10.1. The van der Waals surface area contributed by atoms with Crippen molar-refractivity contribution in [1.82, 2.24) is 15.3 Å². The molecule has 1 rings (SSSR count). The molecule has 0 bridgehead atoms. The predicted molar refractivity (Wildman–Crippen MR) is 61.7 cm³/mol. The summed E-state index contributed by atoms with van der Waals surface area (Å²) in [5.41, 5.74) is 5.82. The van der Waals surface area contributed by atoms with Gasteiger partial charge in [0.1, 0.15) is 12.6 Å². The Balaban J connectivity index is 2.42. The van der Waals surface area contributed by atoms with E-state index >= 15 is 0 Å². The van der Waals surface area contributed by atoms with Crippen LogP contribution < -0.4 is 11.1 Å². The fourth-order valence-electron chi connectivity index (χ4n) is 1.30. The van der Waals surface area contributed by atoms with Crippen LogP contribution in [0.1, 0.15) is 5.69 Å². The lowest BCUT2D eigenvalue weighted by Gasteiger charge is -2.13. The second-order valence-corrected chi connectivity index (χ2v) is 3.58. The first-order valence-electron chi connectivity index (χ1n) is 5.40. The molecule has 0 saturated carbocycles. The van der Waals surface area contributed by atoms with Crippen LogP contribution in [0, 0.1) is 0 Å². The van der Waals surface area contributed by atoms with Crippen LogP contribution in [0.25, 0.3) is 0 Å². The molecule has 1 aromatic rings. The van der Waals surface area contributed by atoms with E-state index in [0.29, 0.717) is 12.2 Å². The molecule has 0 saturated heterocycles. The van der Waals surface area contributed by atoms with Crippen LogP contribution in [-0.4, -0.2) is 52.8 Å². The van der Waals surface area contributed by atoms with Crippen molar-refractivity contribution < 1.29 is 19.4 Å². The second kappa shape index (κ2) is 7.41. The maximum absolute atomic E-state index is 11.4. The number of aromatic amines is 1. The number of nitrogens with zero attached hydrogens (tertiary/aromatic N) is 1. The number of rotatable bonds is 8. The minimum absolute atomic E-state index is 0.137. The Labute approximate surface area is 104 Å². The normalized spacial score (nSPS) is 12.1. The average molecular weight is 256 g/mol. The average Bonchev–Trinajstić information content (AvgIpc) is 2.81. The summed E-state index contributed by atoms with van der Waals surface area (Å²) in [6, 6.07) is -1.01. The van der Waals surface area contributed by atoms with Gasteiger partial charge in [-0.15, -0.1) is 0 Å². The molecule has 0 spiro atoms. The van der Waals surface area contributed by atoms with Crippen LogP contribution >= 0.6 is 0 Å². The van der Waals surface area contributed by atoms with Gasteiger partial charge >= 0.3 is 5.97 Å². The summed E-state index contributed by atoms with van der Waals surface area (Å²) in [6.07, 6.45) is 3.09. The van der Waals surface area contributed by atoms with Crippen molar-refractivity contribution in [3.63, 3.8) is 0 Å². The molecular formula is C10H16N4O4. The summed E-state index contributed by atoms with van der Waals surface area (Å²) in [5, 5.41) is 11.3. The molecule has 0 radical (unpaired) electrons. The van der Waals surface area contributed by atoms with E-state index in [1.807, 2.05) is 0 Å². The van der Waals surface area contributed by atoms with Crippen LogP contribution in [0.5, 0.6) is 0 Å². The molecule has 18 heavy (non-hydrogen) atoms. The maximum atomic E-state index is 11.4. The third-order valence-electron chi connectivity index (χ3n) is 2.11. The zero-order valence-electron chi connectivity index (χ0n) is 9.76. The van der Waals surface area contributed by atoms with Crippen LogP contribution in [0.3, 0.4) is 0 Å². The van der Waals surface area contributed by atoms with Gasteiger partial charge in [-0.05, 0) is 0 Å². The molecule has 0 aliphatic carbocycles. The summed E-state index contributed by atoms with van der Waals surface area (Å²) in [4.78, 5) is 28.9. The molecule has 8 heteroatoms. The fourth-order valence-corrected chi connectivity index (χ4v) is 1.30. The molecule has 1 heterocycles. The number of aromatic nitrogens is 2. The Hall–Kier alpha value is -1.93. The highest BCUT2D eigenvalue weighted by Crippen LogP contribution is 1.98. The number of carbonyl (C=O) groups excluding carboxylic acids is 1. The van der Waals surface area contributed by atoms with E-state index in [9.17, 15) is 9.59 Å². The highest BCUT2D eigenvalue weighted by atomic mass is 16.5. The van der Waals surface area contributed by atoms with Gasteiger partial charge in [0, 0.05) is 24.9 Å². The van der Waals surface area contributed by atoms with Crippen LogP contribution in [-0.2, 0) is 20.7 Å². The first kappa shape index (κ1) is 14.1. The minimum atomic E-state index is -1.11. The van der Waals surface area contributed by atoms with E-state index in [0.717, 1.165) is 0 Å². The number of nitrogens with two attached hydrogens (primary N) is 1. The van der Waals surface area contributed by atoms with Crippen LogP contribution in [0.15, 0.2) is 12.5 Å². The summed E-state index contributed by atoms with van der Waals surface area (Å²) < 4.78 is 4.91. The van der Waals surface area contributed by atoms with E-state index in [2.05, 4.69) is 15.3 Å². The van der Waals surface area contributed by atoms with Gasteiger partial charge in [0.15, 0.2) is 0 Å². The van der Waals surface area contributed by atoms with Gasteiger partial charge in [0.05, 0.1) is 12.9 Å². The first-order valence-corrected chi connectivity index (χ1v) is 5.40. The molecule has 0 unspecified atom stereocenters. The monoisotopic (exact) mass is 256 g/mol. The number of H-pyrrole nitrogens is 1. The smallest absolute Gasteiger partial charge is 0.326 e. The fraction of sp³-hybridized carbons (Fsp3) is 0.500. The van der Waals surface area contributed by atoms with Crippen molar-refractivity contribution in [2.75, 3.05) is 19.8 Å². The highest BCUT2D eigenvalue weighted by molar-refractivity contribution is 5.84. The molecule has 0 aromatic carbocycles. The third kappa shape index (κ3) is 4.93. The Morgan fingerprint density at radius 3 is 2.94 bits per heavy atom. The standard InChI is InChI=1S/C10H16N4O4/c11-1-2-18-5-9(15)14-8(10(16)17)3-7-4-12-6-13-7/h4,6,8H,1-3,5,11H2,(H,12,13)(H,14,15)(H,16,17)/t8-/m1/s1. The Morgan fingerprint density at radius 2 is 2.39 bits per heavy atom. The van der Waals surface area contributed by atoms with Gasteiger partial charge < -0.3 is 25.9 Å². The summed E-state index contributed by atoms with van der Waals surface area (Å²) in [5.74, 6) is -1.60. The molecule has 1 atom stereocenters. The van der Waals surface area contributed by atoms with Gasteiger partial charge in [-0.1, -0.05) is 0 Å². The van der Waals surface area contributed by atoms with E-state index in [1.54, 1.807) is 0 Å². The van der Waals surface area contributed by atoms with Crippen LogP contribution in [0.4, 0.5) is 0 Å². The van der Waals surface area contributed by atoms with Gasteiger partial charge in [0.25, 0.3) is 0 Å². The second-order valence-electron chi connectivity index (χ2n) is 3.58. The van der Waals surface area contributed by atoms with Crippen molar-refractivity contribution in [3.8, 4) is 0 Å². The van der Waals surface area contributed by atoms with Crippen molar-refractivity contribution >= 4 is 11.9 Å². The molecule has 1 aromatic heterocycles. The number of carbonyl (C=O) groups is 2. The van der Waals surface area contributed by atoms with Gasteiger partial charge in [-0.25, -0.2) is 9.78 Å². The highest BCUT2D eigenvalue weighted by Gasteiger charge is 2.20. The number of carboxylic acids is 1. The van der Waals surface area contributed by atoms with Crippen molar-refractivity contribution in [3.05, 3.63) is 18.2 Å². The van der Waals surface area contributed by atoms with Crippen LogP contribution in [0.2, 0.25) is 0 Å². The molecular weight excluding hydrogens is 240 g/mol. The number of amides is 1. The molecule has 8 nitrogen and oxygen atoms in total. The minimum Gasteiger partial charge on any atom is -0.480 e. The quantitative estimate of drug-likeness (QED) is 0.419. The zero-order chi connectivity index (χ0) is 13.4. The van der Waals surface area contributed by atoms with Crippen molar-refractivity contribution in [2.45, 2.75) is 12.5 Å². The Kier molecular flexibility index (Phi) is 5.81. The Morgan fingerprint density at radius 1 is 1.61 bits per heavy atom. The molecule has 0 aliphatic rings. The molecule has 1 amide bonds. The summed E-state index contributed by atoms with van der Waals surface area (Å²) in [7, 11) is 0. The van der Waals surface area contributed by atoms with E-state index in [1.165, 1.54) is 12.5 Å². The number of imidazole rings is 1. The lowest BCUT2D eigenvalue weighted by molar-refractivity contribution is -0.142. The summed E-state index contributed by atoms with van der Waals surface area (Å²) in [6.45, 7) is 0.361. The number of hydrogen-bond donors (Lipinski definition) is 4. The number of hydrogen-bond acceptors (Lipinski definition) is 5. The van der Waals surface area contributed by atoms with Gasteiger partial charge in [-0.2, -0.15) is 0 Å². The topological polar surface area (TPSA) is 130 Å². The van der Waals surface area contributed by atoms with Gasteiger partial charge in [-0.3, -0.25) is 4.79 Å². The molecule has 0 aliphatic heterocycles. The SMILES string of the molecule is NCCOCC(=O)N[C@H](Cc1cnc[nH]1)C(=O)O. The molecule has 5 N–H and O–H groups in total. The largest absolute Gasteiger partial charge is 0.480 e. The zero-order valence-corrected chi connectivity index (χ0v) is 9.76. The number of nitrogens with one attached hydrogen (secondary N) is 2. The molecule has 100 valence electrons. The number of ether oxygens (including phenoxy) is 1. The number of carboxylic acid groups (broad SMARTS) is 1. The predicted octanol–water partition coefficient (Wildman–Crippen LogP) is -1.50. The summed E-state index contributed by atoms with van der Waals surface area (Å²) >= 11 is 0. The maximum Gasteiger partial charge on any atom is 0.326 e. The van der Waals surface area contributed by atoms with Gasteiger partial charge in [0.2, 0.25) is 5.91 Å². The third-order valence-corrected chi connectivity index (χ3v) is 2.11. The van der Waals surface area contributed by atoms with E-state index < -0.39 is 17.9 Å². The van der Waals surface area contributed by atoms with Crippen molar-refractivity contribution in [2.24, 2.45) is 5.73 Å². The first-order chi connectivity index (χ1) is 8.63. The molecule has 0 fully saturated rings. The van der Waals surface area contributed by atoms with Crippen molar-refractivity contribution in [1.29, 1.82) is 0 Å². The van der Waals surface area contributed by atoms with E-state index in [-0.39, 0.29) is 19.6 Å². The van der Waals surface area contributed by atoms with E-state index in [4.69, 9.17) is 15.6 Å². The number of aliphatic carboxylic acids is 1. The lowest BCUT2D eigenvalue weighted by Crippen LogP contribution is -2.44.